The summed E-state index contributed by atoms with van der Waals surface area (Å²) in [5.41, 5.74) is 2.09. The number of anilines is 2. The normalized spacial score (nSPS) is 16.1. The van der Waals surface area contributed by atoms with Crippen molar-refractivity contribution in [2.24, 2.45) is 5.92 Å². The molecule has 1 N–H and O–H groups in total. The van der Waals surface area contributed by atoms with Crippen LogP contribution in [0.1, 0.15) is 39.2 Å². The molecule has 7 heteroatoms. The number of imide groups is 1. The molecular weight excluding hydrogens is 406 g/mol. The van der Waals surface area contributed by atoms with Crippen LogP contribution in [0.15, 0.2) is 48.5 Å². The number of amides is 4. The van der Waals surface area contributed by atoms with Crippen molar-refractivity contribution >= 4 is 29.2 Å². The van der Waals surface area contributed by atoms with E-state index in [1.165, 1.54) is 9.80 Å². The number of rotatable bonds is 9. The van der Waals surface area contributed by atoms with Gasteiger partial charge in [0.05, 0.1) is 18.7 Å². The average molecular weight is 438 g/mol. The van der Waals surface area contributed by atoms with Crippen LogP contribution in [0.3, 0.4) is 0 Å². The molecule has 170 valence electrons. The standard InChI is InChI=1S/C25H31N3O4/c1-5-32-21-11-9-19(10-12-21)26-23(29)16-22-24(30)28(20-8-6-7-18(4)15-20)25(31)27(22)14-13-17(2)3/h6-12,15,17,22H,5,13-14,16H2,1-4H3,(H,26,29)/t22-/m0/s1. The quantitative estimate of drug-likeness (QED) is 0.581. The number of ether oxygens (including phenoxy) is 1. The topological polar surface area (TPSA) is 79.0 Å². The summed E-state index contributed by atoms with van der Waals surface area (Å²) in [5, 5.41) is 2.82. The van der Waals surface area contributed by atoms with Gasteiger partial charge in [-0.15, -0.1) is 0 Å². The summed E-state index contributed by atoms with van der Waals surface area (Å²) in [6.45, 7) is 8.93. The molecule has 1 fully saturated rings. The fraction of sp³-hybridized carbons (Fsp3) is 0.400. The van der Waals surface area contributed by atoms with E-state index in [9.17, 15) is 14.4 Å². The van der Waals surface area contributed by atoms with Gasteiger partial charge in [-0.3, -0.25) is 9.59 Å². The van der Waals surface area contributed by atoms with Crippen LogP contribution in [-0.4, -0.2) is 41.9 Å². The zero-order chi connectivity index (χ0) is 23.3. The third kappa shape index (κ3) is 5.46. The van der Waals surface area contributed by atoms with Crippen molar-refractivity contribution in [3.8, 4) is 5.75 Å². The summed E-state index contributed by atoms with van der Waals surface area (Å²) < 4.78 is 5.41. The van der Waals surface area contributed by atoms with Crippen LogP contribution in [0.4, 0.5) is 16.2 Å². The van der Waals surface area contributed by atoms with E-state index in [0.29, 0.717) is 30.4 Å². The third-order valence-electron chi connectivity index (χ3n) is 5.35. The first-order chi connectivity index (χ1) is 15.3. The monoisotopic (exact) mass is 437 g/mol. The molecular formula is C25H31N3O4. The summed E-state index contributed by atoms with van der Waals surface area (Å²) in [7, 11) is 0. The van der Waals surface area contributed by atoms with Gasteiger partial charge in [0, 0.05) is 12.2 Å². The lowest BCUT2D eigenvalue weighted by Gasteiger charge is -2.22. The first kappa shape index (κ1) is 23.3. The minimum absolute atomic E-state index is 0.0990. The van der Waals surface area contributed by atoms with Crippen molar-refractivity contribution in [1.82, 2.24) is 4.90 Å². The Balaban J connectivity index is 1.77. The van der Waals surface area contributed by atoms with Crippen molar-refractivity contribution < 1.29 is 19.1 Å². The fourth-order valence-electron chi connectivity index (χ4n) is 3.68. The van der Waals surface area contributed by atoms with Gasteiger partial charge < -0.3 is 15.0 Å². The molecule has 0 aliphatic carbocycles. The molecule has 32 heavy (non-hydrogen) atoms. The maximum Gasteiger partial charge on any atom is 0.332 e. The summed E-state index contributed by atoms with van der Waals surface area (Å²) >= 11 is 0. The highest BCUT2D eigenvalue weighted by Crippen LogP contribution is 2.28. The lowest BCUT2D eigenvalue weighted by atomic mass is 10.1. The molecule has 4 amide bonds. The van der Waals surface area contributed by atoms with Gasteiger partial charge in [-0.2, -0.15) is 0 Å². The molecule has 0 bridgehead atoms. The van der Waals surface area contributed by atoms with E-state index in [-0.39, 0.29) is 24.3 Å². The molecule has 1 aliphatic rings. The highest BCUT2D eigenvalue weighted by molar-refractivity contribution is 6.22. The van der Waals surface area contributed by atoms with Crippen molar-refractivity contribution in [3.63, 3.8) is 0 Å². The van der Waals surface area contributed by atoms with Gasteiger partial charge in [0.25, 0.3) is 5.91 Å². The Morgan fingerprint density at radius 2 is 1.84 bits per heavy atom. The average Bonchev–Trinajstić information content (AvgIpc) is 2.97. The lowest BCUT2D eigenvalue weighted by molar-refractivity contribution is -0.124. The number of carbonyl (C=O) groups excluding carboxylic acids is 3. The number of hydrogen-bond donors (Lipinski definition) is 1. The SMILES string of the molecule is CCOc1ccc(NC(=O)C[C@H]2C(=O)N(c3cccc(C)c3)C(=O)N2CCC(C)C)cc1. The molecule has 0 unspecified atom stereocenters. The highest BCUT2D eigenvalue weighted by atomic mass is 16.5. The van der Waals surface area contributed by atoms with E-state index in [1.54, 1.807) is 36.4 Å². The number of nitrogens with zero attached hydrogens (tertiary/aromatic N) is 2. The summed E-state index contributed by atoms with van der Waals surface area (Å²) in [4.78, 5) is 41.9. The predicted molar refractivity (Wildman–Crippen MR) is 125 cm³/mol. The lowest BCUT2D eigenvalue weighted by Crippen LogP contribution is -2.39. The molecule has 2 aromatic rings. The van der Waals surface area contributed by atoms with E-state index in [4.69, 9.17) is 4.74 Å². The van der Waals surface area contributed by atoms with Gasteiger partial charge in [-0.1, -0.05) is 26.0 Å². The smallest absolute Gasteiger partial charge is 0.332 e. The van der Waals surface area contributed by atoms with E-state index < -0.39 is 6.04 Å². The van der Waals surface area contributed by atoms with Crippen LogP contribution in [-0.2, 0) is 9.59 Å². The van der Waals surface area contributed by atoms with Crippen LogP contribution in [0.25, 0.3) is 0 Å². The summed E-state index contributed by atoms with van der Waals surface area (Å²) in [5.74, 6) is 0.395. The van der Waals surface area contributed by atoms with Crippen LogP contribution in [0.2, 0.25) is 0 Å². The number of benzene rings is 2. The number of hydrogen-bond acceptors (Lipinski definition) is 4. The molecule has 0 spiro atoms. The van der Waals surface area contributed by atoms with E-state index in [1.807, 2.05) is 26.0 Å². The van der Waals surface area contributed by atoms with Gasteiger partial charge in [0.1, 0.15) is 11.8 Å². The van der Waals surface area contributed by atoms with E-state index >= 15 is 0 Å². The van der Waals surface area contributed by atoms with Gasteiger partial charge in [0.2, 0.25) is 5.91 Å². The Labute approximate surface area is 189 Å². The molecule has 0 saturated carbocycles. The van der Waals surface area contributed by atoms with Gasteiger partial charge in [0.15, 0.2) is 0 Å². The van der Waals surface area contributed by atoms with E-state index in [0.717, 1.165) is 17.7 Å². The molecule has 3 rings (SSSR count). The second-order valence-corrected chi connectivity index (χ2v) is 8.40. The maximum absolute atomic E-state index is 13.3. The zero-order valence-corrected chi connectivity index (χ0v) is 19.1. The largest absolute Gasteiger partial charge is 0.494 e. The number of urea groups is 1. The highest BCUT2D eigenvalue weighted by Gasteiger charge is 2.46. The number of nitrogens with one attached hydrogen (secondary N) is 1. The Bertz CT molecular complexity index is 971. The Kier molecular flexibility index (Phi) is 7.51. The van der Waals surface area contributed by atoms with Crippen LogP contribution < -0.4 is 15.0 Å². The molecule has 2 aromatic carbocycles. The van der Waals surface area contributed by atoms with Crippen molar-refractivity contribution in [2.75, 3.05) is 23.4 Å². The summed E-state index contributed by atoms with van der Waals surface area (Å²) in [6, 6.07) is 13.1. The number of carbonyl (C=O) groups is 3. The minimum Gasteiger partial charge on any atom is -0.494 e. The zero-order valence-electron chi connectivity index (χ0n) is 19.1. The van der Waals surface area contributed by atoms with Crippen molar-refractivity contribution in [1.29, 1.82) is 0 Å². The predicted octanol–water partition coefficient (Wildman–Crippen LogP) is 4.61. The van der Waals surface area contributed by atoms with Crippen LogP contribution in [0, 0.1) is 12.8 Å². The Hall–Kier alpha value is -3.35. The second kappa shape index (κ2) is 10.3. The molecule has 1 saturated heterocycles. The van der Waals surface area contributed by atoms with Crippen molar-refractivity contribution in [2.45, 2.75) is 46.6 Å². The van der Waals surface area contributed by atoms with Crippen molar-refractivity contribution in [3.05, 3.63) is 54.1 Å². The first-order valence-corrected chi connectivity index (χ1v) is 11.0. The molecule has 7 nitrogen and oxygen atoms in total. The number of aryl methyl sites for hydroxylation is 1. The molecule has 0 aromatic heterocycles. The van der Waals surface area contributed by atoms with E-state index in [2.05, 4.69) is 19.2 Å². The van der Waals surface area contributed by atoms with Gasteiger partial charge in [-0.25, -0.2) is 9.69 Å². The molecule has 1 atom stereocenters. The molecule has 1 aliphatic heterocycles. The van der Waals surface area contributed by atoms with Gasteiger partial charge in [-0.05, 0) is 68.1 Å². The molecule has 1 heterocycles. The first-order valence-electron chi connectivity index (χ1n) is 11.0. The Morgan fingerprint density at radius 1 is 1.12 bits per heavy atom. The minimum atomic E-state index is -0.829. The molecule has 0 radical (unpaired) electrons. The maximum atomic E-state index is 13.3. The summed E-state index contributed by atoms with van der Waals surface area (Å²) in [6.07, 6.45) is 0.649. The second-order valence-electron chi connectivity index (χ2n) is 8.40. The Morgan fingerprint density at radius 3 is 2.47 bits per heavy atom. The van der Waals surface area contributed by atoms with Crippen LogP contribution >= 0.6 is 0 Å². The van der Waals surface area contributed by atoms with Gasteiger partial charge >= 0.3 is 6.03 Å². The third-order valence-corrected chi connectivity index (χ3v) is 5.35. The van der Waals surface area contributed by atoms with Crippen LogP contribution in [0.5, 0.6) is 5.75 Å². The fourth-order valence-corrected chi connectivity index (χ4v) is 3.68.